The van der Waals surface area contributed by atoms with Crippen LogP contribution in [0.15, 0.2) is 0 Å². The lowest BCUT2D eigenvalue weighted by molar-refractivity contribution is -0.141. The molecule has 0 aromatic carbocycles. The standard InChI is InChI=1S/C10H15F4NO3/c1-9(2,4-7(17)18)3-6(16)15-5-10(13,14)8(11)12/h8H,3-5H2,1-2H3,(H,15,16)(H,17,18). The fourth-order valence-corrected chi connectivity index (χ4v) is 1.26. The maximum Gasteiger partial charge on any atom is 0.324 e. The van der Waals surface area contributed by atoms with Gasteiger partial charge in [0.1, 0.15) is 0 Å². The second-order valence-electron chi connectivity index (χ2n) is 4.75. The van der Waals surface area contributed by atoms with Crippen molar-refractivity contribution in [3.05, 3.63) is 0 Å². The van der Waals surface area contributed by atoms with Gasteiger partial charge in [0.2, 0.25) is 5.91 Å². The van der Waals surface area contributed by atoms with Crippen molar-refractivity contribution in [3.8, 4) is 0 Å². The zero-order valence-electron chi connectivity index (χ0n) is 9.97. The summed E-state index contributed by atoms with van der Waals surface area (Å²) in [6.45, 7) is 1.46. The van der Waals surface area contributed by atoms with E-state index in [0.717, 1.165) is 0 Å². The molecule has 0 rings (SSSR count). The summed E-state index contributed by atoms with van der Waals surface area (Å²) in [6, 6.07) is 0. The molecule has 0 saturated carbocycles. The zero-order chi connectivity index (χ0) is 14.6. The van der Waals surface area contributed by atoms with Gasteiger partial charge in [-0.05, 0) is 5.41 Å². The molecule has 0 fully saturated rings. The molecule has 0 heterocycles. The van der Waals surface area contributed by atoms with Crippen molar-refractivity contribution in [2.75, 3.05) is 6.54 Å². The quantitative estimate of drug-likeness (QED) is 0.696. The van der Waals surface area contributed by atoms with E-state index >= 15 is 0 Å². The molecule has 106 valence electrons. The van der Waals surface area contributed by atoms with Crippen LogP contribution in [0.1, 0.15) is 26.7 Å². The molecule has 0 bridgehead atoms. The molecule has 0 aromatic heterocycles. The summed E-state index contributed by atoms with van der Waals surface area (Å²) < 4.78 is 48.6. The van der Waals surface area contributed by atoms with Gasteiger partial charge in [-0.2, -0.15) is 8.78 Å². The van der Waals surface area contributed by atoms with Crippen LogP contribution in [-0.2, 0) is 9.59 Å². The topological polar surface area (TPSA) is 66.4 Å². The van der Waals surface area contributed by atoms with E-state index in [-0.39, 0.29) is 12.8 Å². The summed E-state index contributed by atoms with van der Waals surface area (Å²) in [5.74, 6) is -6.31. The molecular weight excluding hydrogens is 258 g/mol. The SMILES string of the molecule is CC(C)(CC(=O)O)CC(=O)NCC(F)(F)C(F)F. The highest BCUT2D eigenvalue weighted by atomic mass is 19.3. The molecule has 8 heteroatoms. The number of hydrogen-bond acceptors (Lipinski definition) is 2. The average molecular weight is 273 g/mol. The second kappa shape index (κ2) is 6.01. The average Bonchev–Trinajstić information content (AvgIpc) is 2.11. The number of hydrogen-bond donors (Lipinski definition) is 2. The molecule has 1 amide bonds. The maximum absolute atomic E-state index is 12.5. The molecule has 0 aromatic rings. The largest absolute Gasteiger partial charge is 0.481 e. The smallest absolute Gasteiger partial charge is 0.324 e. The normalized spacial score (nSPS) is 12.6. The molecule has 0 unspecified atom stereocenters. The Morgan fingerprint density at radius 1 is 1.22 bits per heavy atom. The van der Waals surface area contributed by atoms with Crippen LogP contribution in [0.3, 0.4) is 0 Å². The third-order valence-electron chi connectivity index (χ3n) is 2.11. The molecule has 0 aliphatic carbocycles. The van der Waals surface area contributed by atoms with Gasteiger partial charge < -0.3 is 10.4 Å². The van der Waals surface area contributed by atoms with Crippen molar-refractivity contribution < 1.29 is 32.3 Å². The van der Waals surface area contributed by atoms with E-state index in [2.05, 4.69) is 0 Å². The number of carbonyl (C=O) groups excluding carboxylic acids is 1. The van der Waals surface area contributed by atoms with Gasteiger partial charge in [0.05, 0.1) is 13.0 Å². The van der Waals surface area contributed by atoms with Crippen molar-refractivity contribution in [1.82, 2.24) is 5.32 Å². The first-order valence-electron chi connectivity index (χ1n) is 5.11. The van der Waals surface area contributed by atoms with Crippen LogP contribution < -0.4 is 5.32 Å². The van der Waals surface area contributed by atoms with E-state index in [1.807, 2.05) is 0 Å². The lowest BCUT2D eigenvalue weighted by Gasteiger charge is -2.22. The summed E-state index contributed by atoms with van der Waals surface area (Å²) in [4.78, 5) is 21.7. The number of rotatable bonds is 7. The van der Waals surface area contributed by atoms with Gasteiger partial charge in [-0.3, -0.25) is 9.59 Å². The van der Waals surface area contributed by atoms with Crippen LogP contribution in [0, 0.1) is 5.41 Å². The van der Waals surface area contributed by atoms with Gasteiger partial charge in [-0.1, -0.05) is 13.8 Å². The first-order chi connectivity index (χ1) is 7.96. The molecule has 0 aliphatic heterocycles. The predicted molar refractivity (Wildman–Crippen MR) is 54.6 cm³/mol. The van der Waals surface area contributed by atoms with Crippen molar-refractivity contribution in [2.24, 2.45) is 5.41 Å². The Balaban J connectivity index is 4.24. The highest BCUT2D eigenvalue weighted by Gasteiger charge is 2.41. The van der Waals surface area contributed by atoms with Crippen molar-refractivity contribution >= 4 is 11.9 Å². The number of carboxylic acid groups (broad SMARTS) is 1. The third kappa shape index (κ3) is 6.41. The van der Waals surface area contributed by atoms with E-state index in [1.165, 1.54) is 13.8 Å². The van der Waals surface area contributed by atoms with E-state index in [9.17, 15) is 27.2 Å². The van der Waals surface area contributed by atoms with Crippen molar-refractivity contribution in [1.29, 1.82) is 0 Å². The number of amides is 1. The van der Waals surface area contributed by atoms with Gasteiger partial charge in [-0.15, -0.1) is 0 Å². The molecule has 0 atom stereocenters. The Bertz CT molecular complexity index is 318. The lowest BCUT2D eigenvalue weighted by Crippen LogP contribution is -2.42. The van der Waals surface area contributed by atoms with E-state index in [4.69, 9.17) is 5.11 Å². The van der Waals surface area contributed by atoms with Crippen LogP contribution in [0.25, 0.3) is 0 Å². The maximum atomic E-state index is 12.5. The molecule has 18 heavy (non-hydrogen) atoms. The monoisotopic (exact) mass is 273 g/mol. The summed E-state index contributed by atoms with van der Waals surface area (Å²) in [5, 5.41) is 10.2. The van der Waals surface area contributed by atoms with Gasteiger partial charge in [0.25, 0.3) is 0 Å². The van der Waals surface area contributed by atoms with Crippen LogP contribution in [0.5, 0.6) is 0 Å². The van der Waals surface area contributed by atoms with E-state index in [1.54, 1.807) is 5.32 Å². The molecule has 2 N–H and O–H groups in total. The number of alkyl halides is 4. The fraction of sp³-hybridized carbons (Fsp3) is 0.800. The minimum Gasteiger partial charge on any atom is -0.481 e. The predicted octanol–water partition coefficient (Wildman–Crippen LogP) is 1.89. The molecule has 0 spiro atoms. The fourth-order valence-electron chi connectivity index (χ4n) is 1.26. The van der Waals surface area contributed by atoms with Gasteiger partial charge in [-0.25, -0.2) is 8.78 Å². The van der Waals surface area contributed by atoms with Crippen LogP contribution in [0.4, 0.5) is 17.6 Å². The van der Waals surface area contributed by atoms with E-state index < -0.39 is 36.2 Å². The minimum absolute atomic E-state index is 0.328. The van der Waals surface area contributed by atoms with Crippen molar-refractivity contribution in [2.45, 2.75) is 39.0 Å². The number of nitrogens with one attached hydrogen (secondary N) is 1. The van der Waals surface area contributed by atoms with Crippen LogP contribution in [-0.4, -0.2) is 35.9 Å². The van der Waals surface area contributed by atoms with Crippen LogP contribution in [0.2, 0.25) is 0 Å². The Morgan fingerprint density at radius 3 is 2.11 bits per heavy atom. The first kappa shape index (κ1) is 16.7. The molecule has 0 saturated heterocycles. The van der Waals surface area contributed by atoms with Gasteiger partial charge >= 0.3 is 18.3 Å². The molecule has 4 nitrogen and oxygen atoms in total. The molecular formula is C10H15F4NO3. The van der Waals surface area contributed by atoms with Crippen molar-refractivity contribution in [3.63, 3.8) is 0 Å². The Labute approximate surface area is 101 Å². The highest BCUT2D eigenvalue weighted by Crippen LogP contribution is 2.25. The third-order valence-corrected chi connectivity index (χ3v) is 2.11. The lowest BCUT2D eigenvalue weighted by atomic mass is 9.85. The summed E-state index contributed by atoms with van der Waals surface area (Å²) in [7, 11) is 0. The summed E-state index contributed by atoms with van der Waals surface area (Å²) >= 11 is 0. The highest BCUT2D eigenvalue weighted by molar-refractivity contribution is 5.77. The van der Waals surface area contributed by atoms with Gasteiger partial charge in [0, 0.05) is 6.42 Å². The number of aliphatic carboxylic acids is 1. The van der Waals surface area contributed by atoms with Crippen LogP contribution >= 0.6 is 0 Å². The second-order valence-corrected chi connectivity index (χ2v) is 4.75. The first-order valence-corrected chi connectivity index (χ1v) is 5.11. The number of halogens is 4. The number of carbonyl (C=O) groups is 2. The van der Waals surface area contributed by atoms with E-state index in [0.29, 0.717) is 0 Å². The molecule has 0 aliphatic rings. The van der Waals surface area contributed by atoms with Gasteiger partial charge in [0.15, 0.2) is 0 Å². The number of carboxylic acids is 1. The zero-order valence-corrected chi connectivity index (χ0v) is 9.97. The Kier molecular flexibility index (Phi) is 5.56. The minimum atomic E-state index is -4.29. The summed E-state index contributed by atoms with van der Waals surface area (Å²) in [6.07, 6.45) is -4.52. The Hall–Kier alpha value is -1.34. The summed E-state index contributed by atoms with van der Waals surface area (Å²) in [5.41, 5.74) is -0.934. The molecule has 0 radical (unpaired) electrons. The Morgan fingerprint density at radius 2 is 1.72 bits per heavy atom.